The number of fused-ring (bicyclic) bond motifs is 1. The lowest BCUT2D eigenvalue weighted by Gasteiger charge is -2.27. The van der Waals surface area contributed by atoms with Crippen molar-refractivity contribution in [1.82, 2.24) is 0 Å². The number of hydrogen-bond acceptors (Lipinski definition) is 4. The predicted molar refractivity (Wildman–Crippen MR) is 81.0 cm³/mol. The summed E-state index contributed by atoms with van der Waals surface area (Å²) < 4.78 is 11.2. The van der Waals surface area contributed by atoms with Crippen LogP contribution in [0.2, 0.25) is 0 Å². The van der Waals surface area contributed by atoms with Gasteiger partial charge < -0.3 is 14.1 Å². The Balaban J connectivity index is 2.19. The van der Waals surface area contributed by atoms with Crippen LogP contribution in [0.4, 0.5) is 5.88 Å². The van der Waals surface area contributed by atoms with Gasteiger partial charge in [-0.3, -0.25) is 4.79 Å². The van der Waals surface area contributed by atoms with E-state index in [9.17, 15) is 4.79 Å². The maximum absolute atomic E-state index is 12.3. The Morgan fingerprint density at radius 1 is 1.25 bits per heavy atom. The third-order valence-electron chi connectivity index (χ3n) is 3.41. The predicted octanol–water partition coefficient (Wildman–Crippen LogP) is 1.07. The molecule has 0 saturated carbocycles. The second-order valence-electron chi connectivity index (χ2n) is 4.74. The normalized spacial score (nSPS) is 15.5. The lowest BCUT2D eigenvalue weighted by atomic mass is 9.92. The van der Waals surface area contributed by atoms with Crippen molar-refractivity contribution in [3.05, 3.63) is 40.6 Å². The van der Waals surface area contributed by atoms with Crippen molar-refractivity contribution in [3.8, 4) is 0 Å². The smallest absolute Gasteiger partial charge is 0.200 e. The van der Waals surface area contributed by atoms with Crippen LogP contribution in [-0.2, 0) is 4.74 Å². The largest absolute Gasteiger partial charge is 0.440 e. The Hall–Kier alpha value is -2.01. The van der Waals surface area contributed by atoms with Crippen LogP contribution in [0.3, 0.4) is 0 Å². The number of anilines is 1. The third kappa shape index (κ3) is 2.25. The van der Waals surface area contributed by atoms with Crippen molar-refractivity contribution < 1.29 is 9.15 Å². The van der Waals surface area contributed by atoms with E-state index in [0.717, 1.165) is 5.56 Å². The van der Waals surface area contributed by atoms with E-state index in [0.29, 0.717) is 48.6 Å². The van der Waals surface area contributed by atoms with Crippen molar-refractivity contribution in [1.29, 1.82) is 0 Å². The van der Waals surface area contributed by atoms with Gasteiger partial charge in [0.05, 0.1) is 18.6 Å². The summed E-state index contributed by atoms with van der Waals surface area (Å²) in [7, 11) is 5.79. The first kappa shape index (κ1) is 13.0. The SMILES string of the molecule is [B]c1cc(C=C)c2oc(N3CCOCC3)cc(=O)c2c1. The minimum absolute atomic E-state index is 0.0943. The zero-order chi connectivity index (χ0) is 14.1. The summed E-state index contributed by atoms with van der Waals surface area (Å²) in [5.41, 5.74) is 1.69. The second kappa shape index (κ2) is 5.17. The second-order valence-corrected chi connectivity index (χ2v) is 4.74. The van der Waals surface area contributed by atoms with Gasteiger partial charge in [0, 0.05) is 24.7 Å². The first-order valence-corrected chi connectivity index (χ1v) is 6.51. The molecular weight excluding hydrogens is 253 g/mol. The van der Waals surface area contributed by atoms with Gasteiger partial charge in [0.1, 0.15) is 13.4 Å². The van der Waals surface area contributed by atoms with Gasteiger partial charge in [-0.15, -0.1) is 0 Å². The van der Waals surface area contributed by atoms with Crippen LogP contribution in [-0.4, -0.2) is 34.1 Å². The van der Waals surface area contributed by atoms with Crippen molar-refractivity contribution in [3.63, 3.8) is 0 Å². The van der Waals surface area contributed by atoms with Crippen LogP contribution in [0.5, 0.6) is 0 Å². The Bertz CT molecular complexity index is 717. The van der Waals surface area contributed by atoms with Gasteiger partial charge in [0.25, 0.3) is 0 Å². The highest BCUT2D eigenvalue weighted by Crippen LogP contribution is 2.22. The average molecular weight is 267 g/mol. The minimum atomic E-state index is -0.0943. The molecule has 0 unspecified atom stereocenters. The van der Waals surface area contributed by atoms with Crippen molar-refractivity contribution in [2.75, 3.05) is 31.2 Å². The number of ether oxygens (including phenoxy) is 1. The highest BCUT2D eigenvalue weighted by Gasteiger charge is 2.16. The molecule has 0 bridgehead atoms. The van der Waals surface area contributed by atoms with E-state index >= 15 is 0 Å². The first-order valence-electron chi connectivity index (χ1n) is 6.51. The Labute approximate surface area is 118 Å². The molecular formula is C15H14BNO3. The molecule has 1 aliphatic heterocycles. The quantitative estimate of drug-likeness (QED) is 0.763. The molecule has 4 nitrogen and oxygen atoms in total. The molecule has 1 aliphatic rings. The lowest BCUT2D eigenvalue weighted by molar-refractivity contribution is 0.121. The fourth-order valence-corrected chi connectivity index (χ4v) is 2.39. The monoisotopic (exact) mass is 267 g/mol. The van der Waals surface area contributed by atoms with Crippen LogP contribution in [0.15, 0.2) is 34.0 Å². The van der Waals surface area contributed by atoms with Gasteiger partial charge in [-0.25, -0.2) is 0 Å². The van der Waals surface area contributed by atoms with E-state index in [1.807, 2.05) is 4.90 Å². The molecule has 1 saturated heterocycles. The maximum atomic E-state index is 12.3. The zero-order valence-corrected chi connectivity index (χ0v) is 11.1. The van der Waals surface area contributed by atoms with Crippen molar-refractivity contribution in [2.45, 2.75) is 0 Å². The molecule has 1 aromatic carbocycles. The molecule has 2 heterocycles. The fraction of sp³-hybridized carbons (Fsp3) is 0.267. The van der Waals surface area contributed by atoms with E-state index in [4.69, 9.17) is 17.0 Å². The van der Waals surface area contributed by atoms with E-state index in [1.54, 1.807) is 18.2 Å². The van der Waals surface area contributed by atoms with E-state index < -0.39 is 0 Å². The number of rotatable bonds is 2. The van der Waals surface area contributed by atoms with Gasteiger partial charge >= 0.3 is 0 Å². The molecule has 0 N–H and O–H groups in total. The van der Waals surface area contributed by atoms with Crippen LogP contribution in [0.1, 0.15) is 5.56 Å². The highest BCUT2D eigenvalue weighted by atomic mass is 16.5. The van der Waals surface area contributed by atoms with E-state index in [-0.39, 0.29) is 5.43 Å². The molecule has 0 amide bonds. The fourth-order valence-electron chi connectivity index (χ4n) is 2.39. The summed E-state index contributed by atoms with van der Waals surface area (Å²) in [5, 5.41) is 0.483. The summed E-state index contributed by atoms with van der Waals surface area (Å²) in [5.74, 6) is 0.568. The molecule has 3 rings (SSSR count). The third-order valence-corrected chi connectivity index (χ3v) is 3.41. The summed E-state index contributed by atoms with van der Waals surface area (Å²) in [6, 6.07) is 4.90. The van der Waals surface area contributed by atoms with E-state index in [2.05, 4.69) is 6.58 Å². The van der Waals surface area contributed by atoms with Crippen LogP contribution >= 0.6 is 0 Å². The molecule has 2 radical (unpaired) electrons. The van der Waals surface area contributed by atoms with Gasteiger partial charge in [-0.05, 0) is 0 Å². The first-order chi connectivity index (χ1) is 9.69. The van der Waals surface area contributed by atoms with Crippen LogP contribution < -0.4 is 15.8 Å². The standard InChI is InChI=1S/C15H14BNO3/c1-2-10-7-11(16)8-12-13(18)9-14(20-15(10)12)17-3-5-19-6-4-17/h2,7-9H,1,3-6H2. The van der Waals surface area contributed by atoms with Crippen LogP contribution in [0, 0.1) is 0 Å². The molecule has 5 heteroatoms. The average Bonchev–Trinajstić information content (AvgIpc) is 2.48. The molecule has 0 atom stereocenters. The number of hydrogen-bond donors (Lipinski definition) is 0. The molecule has 20 heavy (non-hydrogen) atoms. The molecule has 1 fully saturated rings. The number of benzene rings is 1. The van der Waals surface area contributed by atoms with Crippen LogP contribution in [0.25, 0.3) is 17.0 Å². The Morgan fingerprint density at radius 2 is 2.00 bits per heavy atom. The summed E-state index contributed by atoms with van der Waals surface area (Å²) in [4.78, 5) is 14.3. The Kier molecular flexibility index (Phi) is 3.36. The van der Waals surface area contributed by atoms with Crippen molar-refractivity contribution >= 4 is 36.2 Å². The zero-order valence-electron chi connectivity index (χ0n) is 11.1. The maximum Gasteiger partial charge on any atom is 0.200 e. The van der Waals surface area contributed by atoms with Gasteiger partial charge in [-0.1, -0.05) is 30.3 Å². The molecule has 0 spiro atoms. The number of nitrogens with zero attached hydrogens (tertiary/aromatic N) is 1. The molecule has 1 aromatic heterocycles. The van der Waals surface area contributed by atoms with Crippen molar-refractivity contribution in [2.24, 2.45) is 0 Å². The molecule has 0 aliphatic carbocycles. The van der Waals surface area contributed by atoms with Gasteiger partial charge in [0.15, 0.2) is 11.3 Å². The van der Waals surface area contributed by atoms with Gasteiger partial charge in [-0.2, -0.15) is 0 Å². The Morgan fingerprint density at radius 3 is 2.70 bits per heavy atom. The minimum Gasteiger partial charge on any atom is -0.440 e. The summed E-state index contributed by atoms with van der Waals surface area (Å²) in [6.07, 6.45) is 1.64. The van der Waals surface area contributed by atoms with E-state index in [1.165, 1.54) is 6.07 Å². The summed E-state index contributed by atoms with van der Waals surface area (Å²) in [6.45, 7) is 6.45. The topological polar surface area (TPSA) is 42.7 Å². The lowest BCUT2D eigenvalue weighted by Crippen LogP contribution is -2.36. The highest BCUT2D eigenvalue weighted by molar-refractivity contribution is 6.33. The number of morpholine rings is 1. The molecule has 2 aromatic rings. The molecule has 100 valence electrons. The summed E-state index contributed by atoms with van der Waals surface area (Å²) >= 11 is 0. The van der Waals surface area contributed by atoms with Gasteiger partial charge in [0.2, 0.25) is 0 Å².